The van der Waals surface area contributed by atoms with Crippen LogP contribution in [0.5, 0.6) is 5.75 Å². The van der Waals surface area contributed by atoms with Crippen LogP contribution in [0.1, 0.15) is 44.6 Å². The molecule has 1 fully saturated rings. The van der Waals surface area contributed by atoms with Crippen molar-refractivity contribution in [2.75, 3.05) is 24.6 Å². The Morgan fingerprint density at radius 2 is 1.84 bits per heavy atom. The zero-order chi connectivity index (χ0) is 17.6. The molecular weight excluding hydrogens is 376 g/mol. The molecule has 1 aromatic carbocycles. The molecule has 0 radical (unpaired) electrons. The van der Waals surface area contributed by atoms with Gasteiger partial charge >= 0.3 is 0 Å². The Balaban J connectivity index is 1.51. The number of aromatic nitrogens is 1. The second kappa shape index (κ2) is 8.70. The standard InChI is InChI=1S/C21H27BrN2O/c1-16(2)11-14-25-20-6-3-17(4-7-20)18-9-12-24(13-10-18)21-8-5-19(22)15-23-21/h3-8,15-16,18H,9-14H2,1-2H3. The van der Waals surface area contributed by atoms with Crippen LogP contribution in [0, 0.1) is 5.92 Å². The van der Waals surface area contributed by atoms with Crippen molar-refractivity contribution < 1.29 is 4.74 Å². The fraction of sp³-hybridized carbons (Fsp3) is 0.476. The summed E-state index contributed by atoms with van der Waals surface area (Å²) in [6, 6.07) is 12.9. The van der Waals surface area contributed by atoms with E-state index in [0.29, 0.717) is 11.8 Å². The molecule has 1 aliphatic rings. The predicted molar refractivity (Wildman–Crippen MR) is 108 cm³/mol. The average Bonchev–Trinajstić information content (AvgIpc) is 2.63. The van der Waals surface area contributed by atoms with Crippen molar-refractivity contribution in [3.05, 3.63) is 52.6 Å². The molecule has 0 saturated carbocycles. The molecule has 1 saturated heterocycles. The lowest BCUT2D eigenvalue weighted by atomic mass is 9.89. The smallest absolute Gasteiger partial charge is 0.128 e. The lowest BCUT2D eigenvalue weighted by Gasteiger charge is -2.33. The van der Waals surface area contributed by atoms with Gasteiger partial charge in [-0.2, -0.15) is 0 Å². The van der Waals surface area contributed by atoms with Crippen LogP contribution in [0.2, 0.25) is 0 Å². The van der Waals surface area contributed by atoms with Gasteiger partial charge in [-0.1, -0.05) is 26.0 Å². The predicted octanol–water partition coefficient (Wildman–Crippen LogP) is 5.65. The number of halogens is 1. The Labute approximate surface area is 159 Å². The number of rotatable bonds is 6. The quantitative estimate of drug-likeness (QED) is 0.623. The minimum Gasteiger partial charge on any atom is -0.494 e. The fourth-order valence-corrected chi connectivity index (χ4v) is 3.48. The number of ether oxygens (including phenoxy) is 1. The minimum absolute atomic E-state index is 0.636. The second-order valence-corrected chi connectivity index (χ2v) is 8.11. The molecule has 3 nitrogen and oxygen atoms in total. The zero-order valence-electron chi connectivity index (χ0n) is 15.1. The molecule has 0 N–H and O–H groups in total. The van der Waals surface area contributed by atoms with Gasteiger partial charge in [-0.15, -0.1) is 0 Å². The molecule has 0 bridgehead atoms. The van der Waals surface area contributed by atoms with Gasteiger partial charge in [-0.3, -0.25) is 0 Å². The maximum Gasteiger partial charge on any atom is 0.128 e. The fourth-order valence-electron chi connectivity index (χ4n) is 3.25. The van der Waals surface area contributed by atoms with Crippen molar-refractivity contribution in [3.8, 4) is 5.75 Å². The van der Waals surface area contributed by atoms with E-state index in [0.717, 1.165) is 42.2 Å². The van der Waals surface area contributed by atoms with Crippen molar-refractivity contribution in [1.82, 2.24) is 4.98 Å². The monoisotopic (exact) mass is 402 g/mol. The van der Waals surface area contributed by atoms with E-state index in [4.69, 9.17) is 4.74 Å². The number of piperidine rings is 1. The van der Waals surface area contributed by atoms with Crippen molar-refractivity contribution >= 4 is 21.7 Å². The maximum atomic E-state index is 5.82. The molecule has 4 heteroatoms. The second-order valence-electron chi connectivity index (χ2n) is 7.20. The van der Waals surface area contributed by atoms with Gasteiger partial charge in [0, 0.05) is 23.8 Å². The molecule has 0 amide bonds. The van der Waals surface area contributed by atoms with Crippen LogP contribution >= 0.6 is 15.9 Å². The van der Waals surface area contributed by atoms with Gasteiger partial charge in [0.15, 0.2) is 0 Å². The summed E-state index contributed by atoms with van der Waals surface area (Å²) in [5, 5.41) is 0. The van der Waals surface area contributed by atoms with Crippen LogP contribution in [-0.2, 0) is 0 Å². The lowest BCUT2D eigenvalue weighted by molar-refractivity contribution is 0.289. The molecule has 134 valence electrons. The van der Waals surface area contributed by atoms with E-state index in [1.807, 2.05) is 6.20 Å². The summed E-state index contributed by atoms with van der Waals surface area (Å²) in [6.45, 7) is 7.37. The Morgan fingerprint density at radius 3 is 2.44 bits per heavy atom. The topological polar surface area (TPSA) is 25.4 Å². The highest BCUT2D eigenvalue weighted by atomic mass is 79.9. The highest BCUT2D eigenvalue weighted by Gasteiger charge is 2.21. The molecule has 0 spiro atoms. The van der Waals surface area contributed by atoms with Crippen LogP contribution in [0.15, 0.2) is 47.1 Å². The number of hydrogen-bond acceptors (Lipinski definition) is 3. The summed E-state index contributed by atoms with van der Waals surface area (Å²) in [5.41, 5.74) is 1.43. The summed E-state index contributed by atoms with van der Waals surface area (Å²) >= 11 is 3.45. The third kappa shape index (κ3) is 5.21. The third-order valence-electron chi connectivity index (χ3n) is 4.85. The summed E-state index contributed by atoms with van der Waals surface area (Å²) in [5.74, 6) is 3.39. The maximum absolute atomic E-state index is 5.82. The van der Waals surface area contributed by atoms with E-state index in [9.17, 15) is 0 Å². The molecule has 1 aromatic heterocycles. The molecule has 0 unspecified atom stereocenters. The highest BCUT2D eigenvalue weighted by molar-refractivity contribution is 9.10. The van der Waals surface area contributed by atoms with Gasteiger partial charge in [0.25, 0.3) is 0 Å². The molecule has 0 atom stereocenters. The third-order valence-corrected chi connectivity index (χ3v) is 5.32. The first-order valence-corrected chi connectivity index (χ1v) is 10.0. The Bertz CT molecular complexity index is 647. The molecular formula is C21H27BrN2O. The van der Waals surface area contributed by atoms with E-state index in [-0.39, 0.29) is 0 Å². The van der Waals surface area contributed by atoms with Crippen LogP contribution < -0.4 is 9.64 Å². The van der Waals surface area contributed by atoms with Gasteiger partial charge in [-0.25, -0.2) is 4.98 Å². The number of benzene rings is 1. The average molecular weight is 403 g/mol. The lowest BCUT2D eigenvalue weighted by Crippen LogP contribution is -2.33. The Hall–Kier alpha value is -1.55. The molecule has 2 aromatic rings. The van der Waals surface area contributed by atoms with E-state index in [2.05, 4.69) is 76.1 Å². The summed E-state index contributed by atoms with van der Waals surface area (Å²) < 4.78 is 6.85. The summed E-state index contributed by atoms with van der Waals surface area (Å²) in [6.07, 6.45) is 5.32. The van der Waals surface area contributed by atoms with Crippen molar-refractivity contribution in [3.63, 3.8) is 0 Å². The molecule has 1 aliphatic heterocycles. The van der Waals surface area contributed by atoms with Gasteiger partial charge in [-0.05, 0) is 76.9 Å². The van der Waals surface area contributed by atoms with E-state index in [1.165, 1.54) is 18.4 Å². The first-order valence-electron chi connectivity index (χ1n) is 9.21. The minimum atomic E-state index is 0.636. The van der Waals surface area contributed by atoms with E-state index >= 15 is 0 Å². The number of nitrogens with zero attached hydrogens (tertiary/aromatic N) is 2. The largest absolute Gasteiger partial charge is 0.494 e. The van der Waals surface area contributed by atoms with Gasteiger partial charge in [0.05, 0.1) is 6.61 Å². The number of hydrogen-bond donors (Lipinski definition) is 0. The molecule has 25 heavy (non-hydrogen) atoms. The van der Waals surface area contributed by atoms with E-state index < -0.39 is 0 Å². The molecule has 2 heterocycles. The van der Waals surface area contributed by atoms with Crippen LogP contribution in [0.3, 0.4) is 0 Å². The Kier molecular flexibility index (Phi) is 6.35. The van der Waals surface area contributed by atoms with Crippen LogP contribution in [-0.4, -0.2) is 24.7 Å². The van der Waals surface area contributed by atoms with Gasteiger partial charge in [0.1, 0.15) is 11.6 Å². The van der Waals surface area contributed by atoms with Crippen molar-refractivity contribution in [2.24, 2.45) is 5.92 Å². The molecule has 0 aliphatic carbocycles. The van der Waals surface area contributed by atoms with Crippen molar-refractivity contribution in [1.29, 1.82) is 0 Å². The first-order chi connectivity index (χ1) is 12.1. The number of pyridine rings is 1. The SMILES string of the molecule is CC(C)CCOc1ccc(C2CCN(c3ccc(Br)cn3)CC2)cc1. The normalized spacial score (nSPS) is 15.6. The zero-order valence-corrected chi connectivity index (χ0v) is 16.7. The summed E-state index contributed by atoms with van der Waals surface area (Å²) in [7, 11) is 0. The highest BCUT2D eigenvalue weighted by Crippen LogP contribution is 2.31. The van der Waals surface area contributed by atoms with Crippen LogP contribution in [0.25, 0.3) is 0 Å². The van der Waals surface area contributed by atoms with Gasteiger partial charge < -0.3 is 9.64 Å². The first kappa shape index (κ1) is 18.2. The van der Waals surface area contributed by atoms with Gasteiger partial charge in [0.2, 0.25) is 0 Å². The van der Waals surface area contributed by atoms with E-state index in [1.54, 1.807) is 0 Å². The Morgan fingerprint density at radius 1 is 1.12 bits per heavy atom. The summed E-state index contributed by atoms with van der Waals surface area (Å²) in [4.78, 5) is 6.90. The number of anilines is 1. The molecule has 3 rings (SSSR count). The van der Waals surface area contributed by atoms with Crippen molar-refractivity contribution in [2.45, 2.75) is 39.0 Å². The van der Waals surface area contributed by atoms with Crippen LogP contribution in [0.4, 0.5) is 5.82 Å².